The minimum atomic E-state index is -0.0431. The summed E-state index contributed by atoms with van der Waals surface area (Å²) in [6, 6.07) is 0. The third-order valence-corrected chi connectivity index (χ3v) is 4.24. The van der Waals surface area contributed by atoms with Gasteiger partial charge in [0.2, 0.25) is 5.13 Å². The van der Waals surface area contributed by atoms with E-state index in [1.165, 1.54) is 24.4 Å². The Bertz CT molecular complexity index is 385. The van der Waals surface area contributed by atoms with E-state index in [-0.39, 0.29) is 5.54 Å². The molecule has 17 heavy (non-hydrogen) atoms. The molecule has 1 saturated heterocycles. The number of nitrogens with two attached hydrogens (primary N) is 1. The topological polar surface area (TPSA) is 73.1 Å². The van der Waals surface area contributed by atoms with E-state index < -0.39 is 0 Å². The average molecular weight is 254 g/mol. The molecule has 1 aromatic rings. The summed E-state index contributed by atoms with van der Waals surface area (Å²) < 4.78 is 9.79. The van der Waals surface area contributed by atoms with Crippen molar-refractivity contribution in [2.45, 2.75) is 37.1 Å². The van der Waals surface area contributed by atoms with Gasteiger partial charge in [0.15, 0.2) is 0 Å². The van der Waals surface area contributed by atoms with Gasteiger partial charge in [-0.15, -0.1) is 0 Å². The molecule has 2 aliphatic rings. The molecular formula is C11H18N4OS. The van der Waals surface area contributed by atoms with E-state index in [1.54, 1.807) is 0 Å². The van der Waals surface area contributed by atoms with E-state index in [0.717, 1.165) is 37.0 Å². The molecule has 3 rings (SSSR count). The number of anilines is 1. The lowest BCUT2D eigenvalue weighted by molar-refractivity contribution is 0.0628. The molecule has 6 heteroatoms. The van der Waals surface area contributed by atoms with Crippen molar-refractivity contribution >= 4 is 16.7 Å². The fourth-order valence-electron chi connectivity index (χ4n) is 2.16. The Balaban J connectivity index is 1.70. The summed E-state index contributed by atoms with van der Waals surface area (Å²) in [5, 5.41) is 4.40. The van der Waals surface area contributed by atoms with Crippen molar-refractivity contribution < 1.29 is 4.74 Å². The summed E-state index contributed by atoms with van der Waals surface area (Å²) in [6.07, 6.45) is 4.38. The lowest BCUT2D eigenvalue weighted by Gasteiger charge is -2.36. The van der Waals surface area contributed by atoms with E-state index in [2.05, 4.69) is 14.7 Å². The number of nitrogens with zero attached hydrogens (tertiary/aromatic N) is 2. The quantitative estimate of drug-likeness (QED) is 0.848. The van der Waals surface area contributed by atoms with Gasteiger partial charge in [-0.05, 0) is 25.7 Å². The largest absolute Gasteiger partial charge is 0.381 e. The van der Waals surface area contributed by atoms with Gasteiger partial charge in [0.1, 0.15) is 5.82 Å². The second kappa shape index (κ2) is 4.51. The summed E-state index contributed by atoms with van der Waals surface area (Å²) in [4.78, 5) is 4.56. The van der Waals surface area contributed by atoms with Gasteiger partial charge in [-0.2, -0.15) is 4.37 Å². The average Bonchev–Trinajstić information content (AvgIpc) is 3.12. The number of ether oxygens (including phenoxy) is 1. The zero-order chi connectivity index (χ0) is 11.7. The molecule has 0 radical (unpaired) electrons. The van der Waals surface area contributed by atoms with Gasteiger partial charge in [-0.1, -0.05) is 0 Å². The molecule has 0 amide bonds. The number of rotatable bonds is 4. The van der Waals surface area contributed by atoms with Crippen LogP contribution in [0.15, 0.2) is 0 Å². The summed E-state index contributed by atoms with van der Waals surface area (Å²) in [6.45, 7) is 2.17. The van der Waals surface area contributed by atoms with Crippen LogP contribution in [-0.4, -0.2) is 34.7 Å². The third-order valence-electron chi connectivity index (χ3n) is 3.60. The van der Waals surface area contributed by atoms with E-state index >= 15 is 0 Å². The highest BCUT2D eigenvalue weighted by atomic mass is 32.1. The minimum Gasteiger partial charge on any atom is -0.381 e. The Morgan fingerprint density at radius 3 is 2.82 bits per heavy atom. The Labute approximate surface area is 105 Å². The summed E-state index contributed by atoms with van der Waals surface area (Å²) in [7, 11) is 0. The second-order valence-corrected chi connectivity index (χ2v) is 5.71. The Kier molecular flexibility index (Phi) is 3.02. The van der Waals surface area contributed by atoms with Crippen LogP contribution < -0.4 is 11.1 Å². The van der Waals surface area contributed by atoms with Gasteiger partial charge in [0, 0.05) is 37.2 Å². The van der Waals surface area contributed by atoms with Crippen molar-refractivity contribution in [1.29, 1.82) is 0 Å². The van der Waals surface area contributed by atoms with Crippen LogP contribution in [0.2, 0.25) is 0 Å². The lowest BCUT2D eigenvalue weighted by Crippen LogP contribution is -2.49. The Morgan fingerprint density at radius 1 is 1.41 bits per heavy atom. The fraction of sp³-hybridized carbons (Fsp3) is 0.818. The van der Waals surface area contributed by atoms with Crippen LogP contribution in [0, 0.1) is 0 Å². The first-order valence-electron chi connectivity index (χ1n) is 6.21. The predicted octanol–water partition coefficient (Wildman–Crippen LogP) is 1.34. The van der Waals surface area contributed by atoms with Gasteiger partial charge >= 0.3 is 0 Å². The first kappa shape index (κ1) is 11.4. The molecule has 1 aromatic heterocycles. The van der Waals surface area contributed by atoms with Crippen molar-refractivity contribution in [2.24, 2.45) is 5.73 Å². The maximum absolute atomic E-state index is 5.90. The molecule has 1 aliphatic heterocycles. The van der Waals surface area contributed by atoms with Crippen molar-refractivity contribution in [3.8, 4) is 0 Å². The summed E-state index contributed by atoms with van der Waals surface area (Å²) >= 11 is 1.46. The molecule has 5 nitrogen and oxygen atoms in total. The van der Waals surface area contributed by atoms with Crippen molar-refractivity contribution in [2.75, 3.05) is 25.1 Å². The first-order valence-corrected chi connectivity index (χ1v) is 6.98. The van der Waals surface area contributed by atoms with Crippen molar-refractivity contribution in [1.82, 2.24) is 9.36 Å². The van der Waals surface area contributed by atoms with E-state index in [1.807, 2.05) is 0 Å². The second-order valence-electron chi connectivity index (χ2n) is 4.95. The monoisotopic (exact) mass is 254 g/mol. The molecule has 1 saturated carbocycles. The van der Waals surface area contributed by atoms with Crippen LogP contribution in [0.4, 0.5) is 5.13 Å². The highest BCUT2D eigenvalue weighted by Gasteiger charge is 2.33. The summed E-state index contributed by atoms with van der Waals surface area (Å²) in [5.74, 6) is 1.63. The molecule has 0 spiro atoms. The summed E-state index contributed by atoms with van der Waals surface area (Å²) in [5.41, 5.74) is 5.86. The molecule has 0 atom stereocenters. The van der Waals surface area contributed by atoms with Gasteiger partial charge in [0.05, 0.1) is 5.54 Å². The van der Waals surface area contributed by atoms with Crippen LogP contribution in [-0.2, 0) is 4.74 Å². The first-order chi connectivity index (χ1) is 8.31. The molecule has 3 N–H and O–H groups in total. The van der Waals surface area contributed by atoms with Crippen LogP contribution in [0.25, 0.3) is 0 Å². The Morgan fingerprint density at radius 2 is 2.18 bits per heavy atom. The third kappa shape index (κ3) is 2.43. The van der Waals surface area contributed by atoms with Crippen LogP contribution in [0.3, 0.4) is 0 Å². The zero-order valence-electron chi connectivity index (χ0n) is 9.82. The maximum Gasteiger partial charge on any atom is 0.203 e. The molecule has 0 aromatic carbocycles. The van der Waals surface area contributed by atoms with Crippen molar-refractivity contribution in [3.63, 3.8) is 0 Å². The van der Waals surface area contributed by atoms with Gasteiger partial charge in [-0.3, -0.25) is 0 Å². The predicted molar refractivity (Wildman–Crippen MR) is 67.3 cm³/mol. The molecule has 2 fully saturated rings. The van der Waals surface area contributed by atoms with E-state index in [0.29, 0.717) is 12.5 Å². The zero-order valence-corrected chi connectivity index (χ0v) is 10.6. The van der Waals surface area contributed by atoms with Crippen LogP contribution >= 0.6 is 11.5 Å². The molecular weight excluding hydrogens is 236 g/mol. The van der Waals surface area contributed by atoms with Crippen LogP contribution in [0.5, 0.6) is 0 Å². The highest BCUT2D eigenvalue weighted by molar-refractivity contribution is 7.09. The SMILES string of the molecule is NCC1(Nc2nc(C3CC3)ns2)CCOCC1. The molecule has 0 bridgehead atoms. The molecule has 0 unspecified atom stereocenters. The smallest absolute Gasteiger partial charge is 0.203 e. The van der Waals surface area contributed by atoms with Crippen LogP contribution in [0.1, 0.15) is 37.4 Å². The molecule has 1 aliphatic carbocycles. The highest BCUT2D eigenvalue weighted by Crippen LogP contribution is 2.39. The fourth-order valence-corrected chi connectivity index (χ4v) is 2.93. The van der Waals surface area contributed by atoms with E-state index in [4.69, 9.17) is 10.5 Å². The number of aromatic nitrogens is 2. The normalized spacial score (nSPS) is 23.6. The molecule has 2 heterocycles. The van der Waals surface area contributed by atoms with Gasteiger partial charge in [-0.25, -0.2) is 4.98 Å². The van der Waals surface area contributed by atoms with Crippen molar-refractivity contribution in [3.05, 3.63) is 5.82 Å². The number of nitrogens with one attached hydrogen (secondary N) is 1. The minimum absolute atomic E-state index is 0.0431. The maximum atomic E-state index is 5.90. The van der Waals surface area contributed by atoms with E-state index in [9.17, 15) is 0 Å². The van der Waals surface area contributed by atoms with Gasteiger partial charge in [0.25, 0.3) is 0 Å². The van der Waals surface area contributed by atoms with Gasteiger partial charge < -0.3 is 15.8 Å². The number of hydrogen-bond donors (Lipinski definition) is 2. The molecule has 94 valence electrons. The lowest BCUT2D eigenvalue weighted by atomic mass is 9.90. The standard InChI is InChI=1S/C11H18N4OS/c12-7-11(3-5-16-6-4-11)14-10-13-9(15-17-10)8-1-2-8/h8H,1-7,12H2,(H,13,14,15). The number of hydrogen-bond acceptors (Lipinski definition) is 6. The Hall–Kier alpha value is -0.720.